The molecule has 1 unspecified atom stereocenters. The molecule has 88 valence electrons. The largest absolute Gasteiger partial charge is 0.388 e. The van der Waals surface area contributed by atoms with Crippen molar-refractivity contribution in [3.8, 4) is 0 Å². The molecule has 2 rings (SSSR count). The van der Waals surface area contributed by atoms with E-state index in [9.17, 15) is 9.50 Å². The molecular formula is C15H15FO. The van der Waals surface area contributed by atoms with Gasteiger partial charge in [0.15, 0.2) is 0 Å². The number of aryl methyl sites for hydroxylation is 1. The third-order valence-electron chi connectivity index (χ3n) is 2.78. The van der Waals surface area contributed by atoms with Gasteiger partial charge in [-0.05, 0) is 30.2 Å². The summed E-state index contributed by atoms with van der Waals surface area (Å²) in [5.74, 6) is -0.314. The molecule has 0 saturated heterocycles. The van der Waals surface area contributed by atoms with Gasteiger partial charge in [0.25, 0.3) is 0 Å². The lowest BCUT2D eigenvalue weighted by molar-refractivity contribution is 0.178. The normalized spacial score (nSPS) is 12.4. The van der Waals surface area contributed by atoms with Crippen LogP contribution in [0.4, 0.5) is 4.39 Å². The second-order valence-electron chi connectivity index (χ2n) is 4.26. The Labute approximate surface area is 101 Å². The van der Waals surface area contributed by atoms with Crippen molar-refractivity contribution in [2.45, 2.75) is 19.4 Å². The molecule has 0 aliphatic rings. The Morgan fingerprint density at radius 2 is 1.82 bits per heavy atom. The number of rotatable bonds is 3. The molecule has 2 aromatic rings. The third kappa shape index (κ3) is 3.14. The fourth-order valence-electron chi connectivity index (χ4n) is 1.78. The summed E-state index contributed by atoms with van der Waals surface area (Å²) in [5, 5.41) is 10.0. The molecule has 0 fully saturated rings. The molecule has 0 aliphatic heterocycles. The van der Waals surface area contributed by atoms with Crippen LogP contribution < -0.4 is 0 Å². The Bertz CT molecular complexity index is 491. The van der Waals surface area contributed by atoms with Crippen LogP contribution in [0.15, 0.2) is 48.5 Å². The second kappa shape index (κ2) is 5.11. The van der Waals surface area contributed by atoms with Gasteiger partial charge >= 0.3 is 0 Å². The fraction of sp³-hybridized carbons (Fsp3) is 0.200. The minimum atomic E-state index is -0.659. The zero-order chi connectivity index (χ0) is 12.3. The molecule has 17 heavy (non-hydrogen) atoms. The van der Waals surface area contributed by atoms with Crippen LogP contribution >= 0.6 is 0 Å². The molecule has 0 aromatic heterocycles. The first-order valence-electron chi connectivity index (χ1n) is 5.64. The summed E-state index contributed by atoms with van der Waals surface area (Å²) in [6.45, 7) is 2.02. The minimum absolute atomic E-state index is 0.314. The van der Waals surface area contributed by atoms with E-state index in [1.807, 2.05) is 31.2 Å². The highest BCUT2D eigenvalue weighted by Gasteiger charge is 2.09. The summed E-state index contributed by atoms with van der Waals surface area (Å²) in [6, 6.07) is 14.1. The molecule has 0 radical (unpaired) electrons. The van der Waals surface area contributed by atoms with Crippen molar-refractivity contribution >= 4 is 0 Å². The van der Waals surface area contributed by atoms with E-state index < -0.39 is 6.10 Å². The Morgan fingerprint density at radius 3 is 2.47 bits per heavy atom. The average Bonchev–Trinajstić information content (AvgIpc) is 2.32. The van der Waals surface area contributed by atoms with E-state index in [4.69, 9.17) is 0 Å². The van der Waals surface area contributed by atoms with Gasteiger partial charge in [0.05, 0.1) is 6.10 Å². The predicted molar refractivity (Wildman–Crippen MR) is 66.2 cm³/mol. The Hall–Kier alpha value is -1.67. The minimum Gasteiger partial charge on any atom is -0.388 e. The lowest BCUT2D eigenvalue weighted by atomic mass is 10.0. The number of aliphatic hydroxyl groups excluding tert-OH is 1. The van der Waals surface area contributed by atoms with Gasteiger partial charge in [0.1, 0.15) is 5.82 Å². The highest BCUT2D eigenvalue weighted by Crippen LogP contribution is 2.19. The zero-order valence-electron chi connectivity index (χ0n) is 9.73. The summed E-state index contributed by atoms with van der Waals surface area (Å²) in [6.07, 6.45) is -0.155. The highest BCUT2D eigenvalue weighted by molar-refractivity contribution is 5.25. The van der Waals surface area contributed by atoms with E-state index in [1.54, 1.807) is 12.1 Å². The van der Waals surface area contributed by atoms with Crippen molar-refractivity contribution in [1.29, 1.82) is 0 Å². The van der Waals surface area contributed by atoms with Crippen LogP contribution in [0.25, 0.3) is 0 Å². The summed E-state index contributed by atoms with van der Waals surface area (Å²) in [5.41, 5.74) is 2.85. The predicted octanol–water partition coefficient (Wildman–Crippen LogP) is 3.41. The quantitative estimate of drug-likeness (QED) is 0.856. The van der Waals surface area contributed by atoms with E-state index in [0.717, 1.165) is 5.56 Å². The van der Waals surface area contributed by atoms with Crippen molar-refractivity contribution in [3.63, 3.8) is 0 Å². The third-order valence-corrected chi connectivity index (χ3v) is 2.78. The summed E-state index contributed by atoms with van der Waals surface area (Å²) in [4.78, 5) is 0. The maximum atomic E-state index is 13.0. The van der Waals surface area contributed by atoms with Crippen molar-refractivity contribution in [2.75, 3.05) is 0 Å². The molecule has 0 saturated carbocycles. The molecule has 1 nitrogen and oxygen atoms in total. The maximum absolute atomic E-state index is 13.0. The standard InChI is InChI=1S/C15H15FO/c1-11-5-7-12(8-6-11)9-15(17)13-3-2-4-14(16)10-13/h2-8,10,15,17H,9H2,1H3. The topological polar surface area (TPSA) is 20.2 Å². The Morgan fingerprint density at radius 1 is 1.12 bits per heavy atom. The summed E-state index contributed by atoms with van der Waals surface area (Å²) in [7, 11) is 0. The summed E-state index contributed by atoms with van der Waals surface area (Å²) < 4.78 is 13.0. The van der Waals surface area contributed by atoms with E-state index in [0.29, 0.717) is 12.0 Å². The molecule has 1 atom stereocenters. The van der Waals surface area contributed by atoms with E-state index in [-0.39, 0.29) is 5.82 Å². The lowest BCUT2D eigenvalue weighted by Gasteiger charge is -2.11. The first-order chi connectivity index (χ1) is 8.15. The van der Waals surface area contributed by atoms with Gasteiger partial charge in [-0.25, -0.2) is 4.39 Å². The Kier molecular flexibility index (Phi) is 3.55. The smallest absolute Gasteiger partial charge is 0.123 e. The zero-order valence-corrected chi connectivity index (χ0v) is 9.73. The van der Waals surface area contributed by atoms with E-state index in [1.165, 1.54) is 17.7 Å². The monoisotopic (exact) mass is 230 g/mol. The van der Waals surface area contributed by atoms with E-state index >= 15 is 0 Å². The molecule has 2 heteroatoms. The lowest BCUT2D eigenvalue weighted by Crippen LogP contribution is -2.02. The van der Waals surface area contributed by atoms with Crippen LogP contribution in [0, 0.1) is 12.7 Å². The van der Waals surface area contributed by atoms with Crippen LogP contribution in [-0.4, -0.2) is 5.11 Å². The van der Waals surface area contributed by atoms with Crippen LogP contribution in [0.1, 0.15) is 22.8 Å². The highest BCUT2D eigenvalue weighted by atomic mass is 19.1. The molecule has 0 aliphatic carbocycles. The Balaban J connectivity index is 2.11. The fourth-order valence-corrected chi connectivity index (χ4v) is 1.78. The van der Waals surface area contributed by atoms with Crippen LogP contribution in [0.2, 0.25) is 0 Å². The van der Waals surface area contributed by atoms with Crippen LogP contribution in [-0.2, 0) is 6.42 Å². The van der Waals surface area contributed by atoms with E-state index in [2.05, 4.69) is 0 Å². The van der Waals surface area contributed by atoms with Crippen molar-refractivity contribution in [1.82, 2.24) is 0 Å². The maximum Gasteiger partial charge on any atom is 0.123 e. The van der Waals surface area contributed by atoms with Crippen LogP contribution in [0.3, 0.4) is 0 Å². The van der Waals surface area contributed by atoms with Gasteiger partial charge in [0, 0.05) is 6.42 Å². The average molecular weight is 230 g/mol. The van der Waals surface area contributed by atoms with Crippen molar-refractivity contribution in [2.24, 2.45) is 0 Å². The number of hydrogen-bond acceptors (Lipinski definition) is 1. The molecule has 0 spiro atoms. The van der Waals surface area contributed by atoms with Gasteiger partial charge < -0.3 is 5.11 Å². The molecule has 0 bridgehead atoms. The van der Waals surface area contributed by atoms with Crippen molar-refractivity contribution < 1.29 is 9.50 Å². The molecule has 0 heterocycles. The number of hydrogen-bond donors (Lipinski definition) is 1. The first-order valence-corrected chi connectivity index (χ1v) is 5.64. The van der Waals surface area contributed by atoms with Gasteiger partial charge in [-0.1, -0.05) is 42.0 Å². The number of aliphatic hydroxyl groups is 1. The molecule has 2 aromatic carbocycles. The second-order valence-corrected chi connectivity index (χ2v) is 4.26. The van der Waals surface area contributed by atoms with Crippen LogP contribution in [0.5, 0.6) is 0 Å². The molecular weight excluding hydrogens is 215 g/mol. The van der Waals surface area contributed by atoms with Crippen molar-refractivity contribution in [3.05, 3.63) is 71.0 Å². The van der Waals surface area contributed by atoms with Gasteiger partial charge in [-0.15, -0.1) is 0 Å². The SMILES string of the molecule is Cc1ccc(CC(O)c2cccc(F)c2)cc1. The number of benzene rings is 2. The molecule has 0 amide bonds. The van der Waals surface area contributed by atoms with Gasteiger partial charge in [0.2, 0.25) is 0 Å². The number of halogens is 1. The molecule has 1 N–H and O–H groups in total. The van der Waals surface area contributed by atoms with Gasteiger partial charge in [-0.3, -0.25) is 0 Å². The first kappa shape index (κ1) is 11.8. The summed E-state index contributed by atoms with van der Waals surface area (Å²) >= 11 is 0. The van der Waals surface area contributed by atoms with Gasteiger partial charge in [-0.2, -0.15) is 0 Å².